The number of ether oxygens (including phenoxy) is 1. The van der Waals surface area contributed by atoms with Gasteiger partial charge in [-0.2, -0.15) is 0 Å². The van der Waals surface area contributed by atoms with E-state index in [1.807, 2.05) is 6.07 Å². The van der Waals surface area contributed by atoms with Gasteiger partial charge >= 0.3 is 0 Å². The maximum Gasteiger partial charge on any atom is 0.197 e. The van der Waals surface area contributed by atoms with Gasteiger partial charge in [-0.3, -0.25) is 0 Å². The Labute approximate surface area is 92.0 Å². The van der Waals surface area contributed by atoms with Gasteiger partial charge in [-0.05, 0) is 18.2 Å². The van der Waals surface area contributed by atoms with Crippen LogP contribution in [-0.4, -0.2) is 17.1 Å². The molecule has 0 aliphatic heterocycles. The Morgan fingerprint density at radius 1 is 1.47 bits per heavy atom. The second kappa shape index (κ2) is 3.82. The molecule has 0 atom stereocenters. The first-order chi connectivity index (χ1) is 7.20. The van der Waals surface area contributed by atoms with Gasteiger partial charge in [-0.25, -0.2) is 4.98 Å². The molecule has 3 N–H and O–H groups in total. The first-order valence-electron chi connectivity index (χ1n) is 4.35. The summed E-state index contributed by atoms with van der Waals surface area (Å²) < 4.78 is 5.06. The summed E-state index contributed by atoms with van der Waals surface area (Å²) in [6.45, 7) is 0. The Hall–Kier alpha value is -1.68. The van der Waals surface area contributed by atoms with E-state index in [0.717, 1.165) is 11.3 Å². The summed E-state index contributed by atoms with van der Waals surface area (Å²) in [5, 5.41) is 0.558. The Kier molecular flexibility index (Phi) is 2.51. The predicted molar refractivity (Wildman–Crippen MR) is 60.0 cm³/mol. The van der Waals surface area contributed by atoms with Gasteiger partial charge in [0.15, 0.2) is 5.95 Å². The van der Waals surface area contributed by atoms with Crippen LogP contribution in [0.25, 0.3) is 11.3 Å². The van der Waals surface area contributed by atoms with E-state index < -0.39 is 0 Å². The Bertz CT molecular complexity index is 481. The second-order valence-electron chi connectivity index (χ2n) is 3.03. The third-order valence-corrected chi connectivity index (χ3v) is 2.35. The van der Waals surface area contributed by atoms with E-state index in [1.165, 1.54) is 0 Å². The van der Waals surface area contributed by atoms with Gasteiger partial charge < -0.3 is 15.5 Å². The molecule has 0 saturated carbocycles. The van der Waals surface area contributed by atoms with E-state index in [9.17, 15) is 0 Å². The van der Waals surface area contributed by atoms with Crippen molar-refractivity contribution in [3.05, 3.63) is 29.4 Å². The number of benzene rings is 1. The first kappa shape index (κ1) is 9.86. The molecule has 2 aromatic rings. The highest BCUT2D eigenvalue weighted by molar-refractivity contribution is 6.32. The molecule has 0 unspecified atom stereocenters. The van der Waals surface area contributed by atoms with Crippen LogP contribution in [0.2, 0.25) is 5.02 Å². The lowest BCUT2D eigenvalue weighted by Crippen LogP contribution is -1.87. The number of halogens is 1. The maximum atomic E-state index is 6.00. The smallest absolute Gasteiger partial charge is 0.197 e. The molecule has 4 nitrogen and oxygen atoms in total. The summed E-state index contributed by atoms with van der Waals surface area (Å²) in [6.07, 6.45) is 1.66. The molecule has 0 radical (unpaired) electrons. The van der Waals surface area contributed by atoms with E-state index in [-0.39, 0.29) is 0 Å². The van der Waals surface area contributed by atoms with Crippen molar-refractivity contribution in [1.82, 2.24) is 9.97 Å². The summed E-state index contributed by atoms with van der Waals surface area (Å²) in [4.78, 5) is 6.84. The van der Waals surface area contributed by atoms with E-state index in [4.69, 9.17) is 22.1 Å². The van der Waals surface area contributed by atoms with Crippen molar-refractivity contribution in [2.75, 3.05) is 12.8 Å². The first-order valence-corrected chi connectivity index (χ1v) is 4.73. The fraction of sp³-hybridized carbons (Fsp3) is 0.100. The number of imidazole rings is 1. The summed E-state index contributed by atoms with van der Waals surface area (Å²) >= 11 is 6.00. The third kappa shape index (κ3) is 1.89. The zero-order valence-corrected chi connectivity index (χ0v) is 8.88. The van der Waals surface area contributed by atoms with Crippen LogP contribution in [0.5, 0.6) is 5.75 Å². The molecule has 1 heterocycles. The van der Waals surface area contributed by atoms with Crippen LogP contribution in [0.1, 0.15) is 0 Å². The van der Waals surface area contributed by atoms with Gasteiger partial charge in [-0.15, -0.1) is 0 Å². The molecule has 0 saturated heterocycles. The number of hydrogen-bond donors (Lipinski definition) is 2. The van der Waals surface area contributed by atoms with E-state index in [1.54, 1.807) is 25.4 Å². The van der Waals surface area contributed by atoms with Crippen LogP contribution in [-0.2, 0) is 0 Å². The van der Waals surface area contributed by atoms with Crippen LogP contribution in [0.15, 0.2) is 24.4 Å². The van der Waals surface area contributed by atoms with Crippen LogP contribution in [0.4, 0.5) is 5.95 Å². The summed E-state index contributed by atoms with van der Waals surface area (Å²) in [5.74, 6) is 1.03. The number of methoxy groups -OCH3 is 1. The van der Waals surface area contributed by atoms with Gasteiger partial charge in [-0.1, -0.05) is 11.6 Å². The number of nitrogens with one attached hydrogen (secondary N) is 1. The molecule has 0 fully saturated rings. The molecule has 78 valence electrons. The van der Waals surface area contributed by atoms with Crippen molar-refractivity contribution >= 4 is 17.5 Å². The van der Waals surface area contributed by atoms with Crippen LogP contribution in [0, 0.1) is 0 Å². The minimum absolute atomic E-state index is 0.386. The molecule has 0 amide bonds. The normalized spacial score (nSPS) is 10.3. The monoisotopic (exact) mass is 223 g/mol. The number of nitrogen functional groups attached to an aromatic ring is 1. The molecule has 1 aromatic heterocycles. The SMILES string of the molecule is COc1ccc(-c2cnc(N)[nH]2)cc1Cl. The molecule has 0 aliphatic rings. The van der Waals surface area contributed by atoms with Crippen molar-refractivity contribution in [2.24, 2.45) is 0 Å². The third-order valence-electron chi connectivity index (χ3n) is 2.06. The Morgan fingerprint density at radius 3 is 2.80 bits per heavy atom. The molecule has 15 heavy (non-hydrogen) atoms. The summed E-state index contributed by atoms with van der Waals surface area (Å²) in [5.41, 5.74) is 7.24. The molecule has 1 aromatic carbocycles. The Balaban J connectivity index is 2.42. The minimum Gasteiger partial charge on any atom is -0.495 e. The average Bonchev–Trinajstić information content (AvgIpc) is 2.65. The summed E-state index contributed by atoms with van der Waals surface area (Å²) in [6, 6.07) is 5.49. The van der Waals surface area contributed by atoms with Crippen molar-refractivity contribution < 1.29 is 4.74 Å². The van der Waals surface area contributed by atoms with Gasteiger partial charge in [0.2, 0.25) is 0 Å². The van der Waals surface area contributed by atoms with Gasteiger partial charge in [0.05, 0.1) is 24.0 Å². The van der Waals surface area contributed by atoms with Crippen molar-refractivity contribution in [2.45, 2.75) is 0 Å². The van der Waals surface area contributed by atoms with Crippen molar-refractivity contribution in [1.29, 1.82) is 0 Å². The topological polar surface area (TPSA) is 63.9 Å². The number of nitrogens with two attached hydrogens (primary N) is 1. The fourth-order valence-corrected chi connectivity index (χ4v) is 1.57. The number of hydrogen-bond acceptors (Lipinski definition) is 3. The van der Waals surface area contributed by atoms with Gasteiger partial charge in [0, 0.05) is 5.56 Å². The van der Waals surface area contributed by atoms with E-state index >= 15 is 0 Å². The standard InChI is InChI=1S/C10H10ClN3O/c1-15-9-3-2-6(4-7(9)11)8-5-13-10(12)14-8/h2-5H,1H3,(H3,12,13,14). The largest absolute Gasteiger partial charge is 0.495 e. The van der Waals surface area contributed by atoms with E-state index in [2.05, 4.69) is 9.97 Å². The van der Waals surface area contributed by atoms with Crippen molar-refractivity contribution in [3.8, 4) is 17.0 Å². The van der Waals surface area contributed by atoms with Crippen LogP contribution in [0.3, 0.4) is 0 Å². The number of anilines is 1. The quantitative estimate of drug-likeness (QED) is 0.821. The summed E-state index contributed by atoms with van der Waals surface area (Å²) in [7, 11) is 1.58. The number of H-pyrrole nitrogens is 1. The van der Waals surface area contributed by atoms with Crippen LogP contribution < -0.4 is 10.5 Å². The van der Waals surface area contributed by atoms with Gasteiger partial charge in [0.1, 0.15) is 5.75 Å². The van der Waals surface area contributed by atoms with Crippen molar-refractivity contribution in [3.63, 3.8) is 0 Å². The number of aromatic amines is 1. The molecule has 2 rings (SSSR count). The lowest BCUT2D eigenvalue weighted by atomic mass is 10.1. The highest BCUT2D eigenvalue weighted by Gasteiger charge is 2.05. The number of rotatable bonds is 2. The maximum absolute atomic E-state index is 6.00. The fourth-order valence-electron chi connectivity index (χ4n) is 1.32. The minimum atomic E-state index is 0.386. The van der Waals surface area contributed by atoms with Gasteiger partial charge in [0.25, 0.3) is 0 Å². The van der Waals surface area contributed by atoms with Crippen LogP contribution >= 0.6 is 11.6 Å². The highest BCUT2D eigenvalue weighted by atomic mass is 35.5. The zero-order valence-electron chi connectivity index (χ0n) is 8.12. The molecule has 0 aliphatic carbocycles. The molecular formula is C10H10ClN3O. The Morgan fingerprint density at radius 2 is 2.27 bits per heavy atom. The predicted octanol–water partition coefficient (Wildman–Crippen LogP) is 2.32. The molecular weight excluding hydrogens is 214 g/mol. The average molecular weight is 224 g/mol. The highest BCUT2D eigenvalue weighted by Crippen LogP contribution is 2.29. The molecule has 0 spiro atoms. The number of nitrogens with zero attached hydrogens (tertiary/aromatic N) is 1. The zero-order chi connectivity index (χ0) is 10.8. The number of aromatic nitrogens is 2. The lowest BCUT2D eigenvalue weighted by molar-refractivity contribution is 0.415. The lowest BCUT2D eigenvalue weighted by Gasteiger charge is -2.04. The van der Waals surface area contributed by atoms with E-state index in [0.29, 0.717) is 16.7 Å². The second-order valence-corrected chi connectivity index (χ2v) is 3.44. The molecule has 0 bridgehead atoms. The molecule has 5 heteroatoms.